The van der Waals surface area contributed by atoms with Gasteiger partial charge in [-0.05, 0) is 30.2 Å². The molecule has 0 aromatic carbocycles. The Hall–Kier alpha value is -2.67. The first-order valence-electron chi connectivity index (χ1n) is 4.95. The van der Waals surface area contributed by atoms with Crippen LogP contribution >= 0.6 is 0 Å². The maximum absolute atomic E-state index is 8.40. The van der Waals surface area contributed by atoms with E-state index >= 15 is 0 Å². The van der Waals surface area contributed by atoms with Crippen LogP contribution in [0.3, 0.4) is 0 Å². The van der Waals surface area contributed by atoms with Crippen molar-refractivity contribution in [3.63, 3.8) is 0 Å². The van der Waals surface area contributed by atoms with Crippen molar-refractivity contribution in [3.8, 4) is 11.8 Å². The van der Waals surface area contributed by atoms with Crippen LogP contribution in [0.25, 0.3) is 0 Å². The summed E-state index contributed by atoms with van der Waals surface area (Å²) in [6.07, 6.45) is 4.64. The second-order valence-electron chi connectivity index (χ2n) is 3.18. The molecule has 4 heteroatoms. The molecule has 17 heavy (non-hydrogen) atoms. The van der Waals surface area contributed by atoms with Gasteiger partial charge in [-0.25, -0.2) is 4.98 Å². The summed E-state index contributed by atoms with van der Waals surface area (Å²) in [4.78, 5) is 8.14. The van der Waals surface area contributed by atoms with Gasteiger partial charge in [-0.3, -0.25) is 4.98 Å². The number of aromatic nitrogens is 2. The number of rotatable bonds is 1. The Balaban J connectivity index is 2.25. The molecule has 0 aliphatic carbocycles. The molecule has 0 aliphatic heterocycles. The normalized spacial score (nSPS) is 9.88. The van der Waals surface area contributed by atoms with Gasteiger partial charge in [-0.15, -0.1) is 0 Å². The highest BCUT2D eigenvalue weighted by molar-refractivity contribution is 5.76. The highest BCUT2D eigenvalue weighted by atomic mass is 16.4. The van der Waals surface area contributed by atoms with Crippen LogP contribution < -0.4 is 0 Å². The van der Waals surface area contributed by atoms with Crippen LogP contribution in [0.5, 0.6) is 0 Å². The van der Waals surface area contributed by atoms with E-state index in [2.05, 4.69) is 27.0 Å². The molecular formula is C13H9N3O. The summed E-state index contributed by atoms with van der Waals surface area (Å²) in [6, 6.07) is 9.02. The van der Waals surface area contributed by atoms with Gasteiger partial charge in [0.2, 0.25) is 0 Å². The van der Waals surface area contributed by atoms with E-state index in [0.29, 0.717) is 11.4 Å². The van der Waals surface area contributed by atoms with E-state index in [1.54, 1.807) is 30.6 Å². The van der Waals surface area contributed by atoms with Crippen molar-refractivity contribution >= 4 is 6.21 Å². The van der Waals surface area contributed by atoms with E-state index < -0.39 is 0 Å². The minimum absolute atomic E-state index is 0.561. The molecule has 2 heterocycles. The molecule has 1 N–H and O–H groups in total. The fourth-order valence-electron chi connectivity index (χ4n) is 1.23. The molecule has 0 aliphatic rings. The lowest BCUT2D eigenvalue weighted by Crippen LogP contribution is -1.90. The van der Waals surface area contributed by atoms with Gasteiger partial charge >= 0.3 is 0 Å². The van der Waals surface area contributed by atoms with Gasteiger partial charge in [-0.1, -0.05) is 17.1 Å². The Bertz CT molecular complexity index is 582. The summed E-state index contributed by atoms with van der Waals surface area (Å²) in [7, 11) is 0. The van der Waals surface area contributed by atoms with Crippen molar-refractivity contribution in [1.82, 2.24) is 9.97 Å². The number of hydrogen-bond acceptors (Lipinski definition) is 4. The van der Waals surface area contributed by atoms with E-state index in [-0.39, 0.29) is 0 Å². The molecule has 0 amide bonds. The standard InChI is InChI=1S/C13H9N3O/c17-15-10-13-5-1-4-12(16-13)7-6-11-3-2-8-14-9-11/h1-5,8-10,17H. The number of pyridine rings is 2. The Labute approximate surface area is 98.7 Å². The van der Waals surface area contributed by atoms with Gasteiger partial charge < -0.3 is 5.21 Å². The van der Waals surface area contributed by atoms with Crippen molar-refractivity contribution < 1.29 is 5.21 Å². The zero-order chi connectivity index (χ0) is 11.9. The van der Waals surface area contributed by atoms with E-state index in [9.17, 15) is 0 Å². The summed E-state index contributed by atoms with van der Waals surface area (Å²) in [6.45, 7) is 0. The van der Waals surface area contributed by atoms with Crippen LogP contribution in [-0.4, -0.2) is 21.4 Å². The Morgan fingerprint density at radius 1 is 1.18 bits per heavy atom. The zero-order valence-electron chi connectivity index (χ0n) is 8.91. The number of nitrogens with zero attached hydrogens (tertiary/aromatic N) is 3. The highest BCUT2D eigenvalue weighted by Crippen LogP contribution is 1.97. The molecule has 0 radical (unpaired) electrons. The minimum Gasteiger partial charge on any atom is -0.411 e. The first kappa shape index (κ1) is 10.8. The van der Waals surface area contributed by atoms with Gasteiger partial charge in [0.1, 0.15) is 5.69 Å². The lowest BCUT2D eigenvalue weighted by atomic mass is 10.2. The molecule has 2 aromatic rings. The molecule has 0 saturated heterocycles. The third-order valence-corrected chi connectivity index (χ3v) is 1.96. The molecule has 0 unspecified atom stereocenters. The molecular weight excluding hydrogens is 214 g/mol. The smallest absolute Gasteiger partial charge is 0.114 e. The Morgan fingerprint density at radius 2 is 2.12 bits per heavy atom. The summed E-state index contributed by atoms with van der Waals surface area (Å²) in [5.74, 6) is 5.86. The van der Waals surface area contributed by atoms with Crippen LogP contribution in [0.15, 0.2) is 47.9 Å². The van der Waals surface area contributed by atoms with Crippen molar-refractivity contribution in [3.05, 3.63) is 59.7 Å². The van der Waals surface area contributed by atoms with E-state index in [4.69, 9.17) is 5.21 Å². The van der Waals surface area contributed by atoms with Crippen LogP contribution in [0.4, 0.5) is 0 Å². The van der Waals surface area contributed by atoms with Gasteiger partial charge in [-0.2, -0.15) is 0 Å². The molecule has 0 bridgehead atoms. The summed E-state index contributed by atoms with van der Waals surface area (Å²) in [5, 5.41) is 11.3. The first-order valence-corrected chi connectivity index (χ1v) is 4.95. The third kappa shape index (κ3) is 3.14. The van der Waals surface area contributed by atoms with E-state index in [0.717, 1.165) is 5.56 Å². The largest absolute Gasteiger partial charge is 0.411 e. The highest BCUT2D eigenvalue weighted by Gasteiger charge is 1.92. The lowest BCUT2D eigenvalue weighted by Gasteiger charge is -1.92. The Morgan fingerprint density at radius 3 is 2.88 bits per heavy atom. The van der Waals surface area contributed by atoms with Gasteiger partial charge in [0.25, 0.3) is 0 Å². The first-order chi connectivity index (χ1) is 8.38. The zero-order valence-corrected chi connectivity index (χ0v) is 8.91. The fraction of sp³-hybridized carbons (Fsp3) is 0. The average molecular weight is 223 g/mol. The maximum atomic E-state index is 8.40. The molecule has 0 atom stereocenters. The van der Waals surface area contributed by atoms with E-state index in [1.165, 1.54) is 6.21 Å². The van der Waals surface area contributed by atoms with Gasteiger partial charge in [0.15, 0.2) is 0 Å². The third-order valence-electron chi connectivity index (χ3n) is 1.96. The van der Waals surface area contributed by atoms with Crippen LogP contribution in [-0.2, 0) is 0 Å². The summed E-state index contributed by atoms with van der Waals surface area (Å²) in [5.41, 5.74) is 2.01. The average Bonchev–Trinajstić information content (AvgIpc) is 2.39. The van der Waals surface area contributed by atoms with Crippen molar-refractivity contribution in [2.45, 2.75) is 0 Å². The quantitative estimate of drug-likeness (QED) is 0.346. The fourth-order valence-corrected chi connectivity index (χ4v) is 1.23. The molecule has 2 rings (SSSR count). The van der Waals surface area contributed by atoms with Crippen LogP contribution in [0.1, 0.15) is 17.0 Å². The van der Waals surface area contributed by atoms with Crippen molar-refractivity contribution in [1.29, 1.82) is 0 Å². The van der Waals surface area contributed by atoms with Crippen molar-refractivity contribution in [2.75, 3.05) is 0 Å². The van der Waals surface area contributed by atoms with E-state index in [1.807, 2.05) is 12.1 Å². The molecule has 0 spiro atoms. The monoisotopic (exact) mass is 223 g/mol. The minimum atomic E-state index is 0.561. The lowest BCUT2D eigenvalue weighted by molar-refractivity contribution is 0.321. The Kier molecular flexibility index (Phi) is 3.46. The second-order valence-corrected chi connectivity index (χ2v) is 3.18. The topological polar surface area (TPSA) is 58.4 Å². The summed E-state index contributed by atoms with van der Waals surface area (Å²) < 4.78 is 0. The van der Waals surface area contributed by atoms with Gasteiger partial charge in [0.05, 0.1) is 11.9 Å². The number of hydrogen-bond donors (Lipinski definition) is 1. The molecule has 82 valence electrons. The second kappa shape index (κ2) is 5.42. The SMILES string of the molecule is ON=Cc1cccc(C#Cc2cccnc2)n1. The molecule has 4 nitrogen and oxygen atoms in total. The predicted octanol–water partition coefficient (Wildman–Crippen LogP) is 1.68. The molecule has 0 saturated carbocycles. The summed E-state index contributed by atoms with van der Waals surface area (Å²) >= 11 is 0. The number of oxime groups is 1. The molecule has 0 fully saturated rings. The molecule has 2 aromatic heterocycles. The van der Waals surface area contributed by atoms with Crippen molar-refractivity contribution in [2.24, 2.45) is 5.16 Å². The predicted molar refractivity (Wildman–Crippen MR) is 63.8 cm³/mol. The maximum Gasteiger partial charge on any atom is 0.114 e. The van der Waals surface area contributed by atoms with Gasteiger partial charge in [0, 0.05) is 18.0 Å². The van der Waals surface area contributed by atoms with Crippen LogP contribution in [0, 0.1) is 11.8 Å². The van der Waals surface area contributed by atoms with Crippen LogP contribution in [0.2, 0.25) is 0 Å².